The first-order chi connectivity index (χ1) is 16.1. The van der Waals surface area contributed by atoms with Crippen LogP contribution in [-0.2, 0) is 26.7 Å². The van der Waals surface area contributed by atoms with E-state index in [0.29, 0.717) is 13.2 Å². The van der Waals surface area contributed by atoms with E-state index in [0.717, 1.165) is 5.71 Å². The normalized spacial score (nSPS) is 17.5. The molecule has 37 heavy (non-hydrogen) atoms. The highest BCUT2D eigenvalue weighted by Crippen LogP contribution is 2.26. The lowest BCUT2D eigenvalue weighted by atomic mass is 10.0. The average Bonchev–Trinajstić information content (AvgIpc) is 2.57. The summed E-state index contributed by atoms with van der Waals surface area (Å²) in [5, 5.41) is 4.75. The molecule has 0 spiro atoms. The van der Waals surface area contributed by atoms with Gasteiger partial charge in [0.1, 0.15) is 17.9 Å². The summed E-state index contributed by atoms with van der Waals surface area (Å²) in [7, 11) is -11.6. The molecule has 0 aromatic carbocycles. The predicted octanol–water partition coefficient (Wildman–Crippen LogP) is 7.56. The van der Waals surface area contributed by atoms with Gasteiger partial charge in [0.15, 0.2) is 41.6 Å². The summed E-state index contributed by atoms with van der Waals surface area (Å²) in [5.41, 5.74) is 0.757. The summed E-state index contributed by atoms with van der Waals surface area (Å²) in [4.78, 5) is 0. The lowest BCUT2D eigenvalue weighted by Gasteiger charge is -2.42. The van der Waals surface area contributed by atoms with Gasteiger partial charge in [0.05, 0.1) is 19.3 Å². The molecule has 0 bridgehead atoms. The summed E-state index contributed by atoms with van der Waals surface area (Å²) < 4.78 is 39.7. The van der Waals surface area contributed by atoms with Crippen molar-refractivity contribution in [1.29, 1.82) is 0 Å². The van der Waals surface area contributed by atoms with Crippen molar-refractivity contribution < 1.29 is 26.7 Å². The molecule has 0 aromatic heterocycles. The first-order valence-electron chi connectivity index (χ1n) is 13.6. The quantitative estimate of drug-likeness (QED) is 0.0942. The molecule has 0 N–H and O–H groups in total. The Morgan fingerprint density at radius 1 is 0.514 bits per heavy atom. The Labute approximate surface area is 236 Å². The van der Waals surface area contributed by atoms with Gasteiger partial charge < -0.3 is 26.7 Å². The first-order valence-corrected chi connectivity index (χ1v) is 34.1. The van der Waals surface area contributed by atoms with Crippen molar-refractivity contribution >= 4 is 55.6 Å². The van der Waals surface area contributed by atoms with Crippen LogP contribution in [0.15, 0.2) is 5.16 Å². The third-order valence-corrected chi connectivity index (χ3v) is 9.87. The minimum atomic E-state index is -2.05. The third kappa shape index (κ3) is 21.0. The van der Waals surface area contributed by atoms with Crippen molar-refractivity contribution in [3.63, 3.8) is 0 Å². The molecule has 222 valence electrons. The molecule has 0 saturated heterocycles. The molecular weight excluding hydrogens is 567 g/mol. The summed E-state index contributed by atoms with van der Waals surface area (Å²) in [5.74, 6) is 0. The highest BCUT2D eigenvalue weighted by molar-refractivity contribution is 6.72. The van der Waals surface area contributed by atoms with Gasteiger partial charge >= 0.3 is 0 Å². The van der Waals surface area contributed by atoms with E-state index in [1.54, 1.807) is 0 Å². The molecule has 0 amide bonds. The van der Waals surface area contributed by atoms with E-state index in [1.165, 1.54) is 0 Å². The van der Waals surface area contributed by atoms with E-state index >= 15 is 0 Å². The monoisotopic (exact) mass is 627 g/mol. The number of rotatable bonds is 17. The third-order valence-electron chi connectivity index (χ3n) is 4.24. The maximum Gasteiger partial charge on any atom is 0.278 e. The maximum absolute atomic E-state index is 6.96. The molecule has 0 aliphatic heterocycles. The lowest BCUT2D eigenvalue weighted by molar-refractivity contribution is -0.0303. The van der Waals surface area contributed by atoms with Crippen LogP contribution in [0.2, 0.25) is 118 Å². The van der Waals surface area contributed by atoms with Crippen LogP contribution < -0.4 is 0 Å². The zero-order valence-electron chi connectivity index (χ0n) is 27.5. The zero-order valence-corrected chi connectivity index (χ0v) is 33.5. The van der Waals surface area contributed by atoms with Gasteiger partial charge in [0, 0.05) is 0 Å². The molecule has 0 rings (SSSR count). The largest absolute Gasteiger partial charge is 0.456 e. The average molecular weight is 628 g/mol. The van der Waals surface area contributed by atoms with Gasteiger partial charge in [0.25, 0.3) is 8.32 Å². The zero-order chi connectivity index (χ0) is 29.7. The first kappa shape index (κ1) is 37.6. The van der Waals surface area contributed by atoms with Gasteiger partial charge in [-0.3, -0.25) is 0 Å². The molecule has 3 atom stereocenters. The van der Waals surface area contributed by atoms with Gasteiger partial charge in [0.2, 0.25) is 0 Å². The second-order valence-electron chi connectivity index (χ2n) is 15.7. The fourth-order valence-electron chi connectivity index (χ4n) is 3.08. The summed E-state index contributed by atoms with van der Waals surface area (Å²) in [6.45, 7) is 40.3. The van der Waals surface area contributed by atoms with Gasteiger partial charge in [-0.25, -0.2) is 0 Å². The Hall–Kier alpha value is 0.571. The molecule has 0 aromatic rings. The van der Waals surface area contributed by atoms with Crippen molar-refractivity contribution in [1.82, 2.24) is 0 Å². The summed E-state index contributed by atoms with van der Waals surface area (Å²) in [6.07, 6.45) is -1.11. The molecular formula is C24H61NO6Si6. The highest BCUT2D eigenvalue weighted by Gasteiger charge is 2.43. The second-order valence-corrected chi connectivity index (χ2v) is 42.5. The Morgan fingerprint density at radius 3 is 1.30 bits per heavy atom. The van der Waals surface area contributed by atoms with Gasteiger partial charge in [-0.1, -0.05) is 0 Å². The molecule has 0 fully saturated rings. The van der Waals surface area contributed by atoms with Crippen LogP contribution in [0, 0.1) is 0 Å². The Bertz CT molecular complexity index is 712. The minimum Gasteiger partial charge on any atom is -0.456 e. The van der Waals surface area contributed by atoms with Crippen molar-refractivity contribution in [2.75, 3.05) is 13.2 Å². The number of hydrogen-bond acceptors (Lipinski definition) is 7. The molecule has 0 heterocycles. The SMILES string of the molecule is C[Si](C)(C)OCC(=NO[Si](C)(C)C)C(O[Si](C)(C)C)C(O[Si](C)(C)C)C(CO[Si](C)(C)C)O[Si](C)(C)C. The molecule has 0 radical (unpaired) electrons. The summed E-state index contributed by atoms with van der Waals surface area (Å²) in [6, 6.07) is 0. The summed E-state index contributed by atoms with van der Waals surface area (Å²) >= 11 is 0. The predicted molar refractivity (Wildman–Crippen MR) is 175 cm³/mol. The maximum atomic E-state index is 6.96. The molecule has 3 unspecified atom stereocenters. The fraction of sp³-hybridized carbons (Fsp3) is 0.958. The van der Waals surface area contributed by atoms with Crippen LogP contribution in [0.25, 0.3) is 0 Å². The molecule has 13 heteroatoms. The van der Waals surface area contributed by atoms with Crippen LogP contribution in [0.5, 0.6) is 0 Å². The standard InChI is InChI=1S/C24H61NO6Si6/c1-32(2,3)26-19-21(25-31-37(16,17)18)23(29-35(10,11)12)24(30-36(13,14)15)22(28-34(7,8)9)20-27-33(4,5)6/h22-24H,19-20H2,1-18H3. The van der Waals surface area contributed by atoms with E-state index in [4.69, 9.17) is 31.8 Å². The highest BCUT2D eigenvalue weighted by atomic mass is 28.4. The fourth-order valence-corrected chi connectivity index (χ4v) is 7.95. The number of hydrogen-bond donors (Lipinski definition) is 0. The van der Waals surface area contributed by atoms with E-state index in [1.807, 2.05) is 0 Å². The molecule has 0 saturated carbocycles. The lowest BCUT2D eigenvalue weighted by Crippen LogP contribution is -2.58. The van der Waals surface area contributed by atoms with E-state index in [9.17, 15) is 0 Å². The van der Waals surface area contributed by atoms with E-state index in [-0.39, 0.29) is 12.2 Å². The van der Waals surface area contributed by atoms with Crippen LogP contribution in [0.3, 0.4) is 0 Å². The topological polar surface area (TPSA) is 67.7 Å². The van der Waals surface area contributed by atoms with E-state index < -0.39 is 56.0 Å². The van der Waals surface area contributed by atoms with Crippen molar-refractivity contribution in [2.45, 2.75) is 136 Å². The van der Waals surface area contributed by atoms with Gasteiger partial charge in [-0.05, 0) is 118 Å². The Kier molecular flexibility index (Phi) is 14.2. The Balaban J connectivity index is 6.94. The van der Waals surface area contributed by atoms with E-state index in [2.05, 4.69) is 118 Å². The second kappa shape index (κ2) is 14.0. The minimum absolute atomic E-state index is 0.282. The van der Waals surface area contributed by atoms with Crippen LogP contribution in [0.4, 0.5) is 0 Å². The smallest absolute Gasteiger partial charge is 0.278 e. The van der Waals surface area contributed by atoms with Crippen LogP contribution >= 0.6 is 0 Å². The molecule has 0 aliphatic rings. The van der Waals surface area contributed by atoms with Crippen molar-refractivity contribution in [3.05, 3.63) is 0 Å². The van der Waals surface area contributed by atoms with Gasteiger partial charge in [-0.2, -0.15) is 0 Å². The van der Waals surface area contributed by atoms with Crippen molar-refractivity contribution in [3.8, 4) is 0 Å². The number of nitrogens with zero attached hydrogens (tertiary/aromatic N) is 1. The van der Waals surface area contributed by atoms with Crippen LogP contribution in [-0.4, -0.2) is 87.1 Å². The molecule has 7 nitrogen and oxygen atoms in total. The number of oxime groups is 1. The van der Waals surface area contributed by atoms with Crippen LogP contribution in [0.1, 0.15) is 0 Å². The van der Waals surface area contributed by atoms with Gasteiger partial charge in [-0.15, -0.1) is 5.16 Å². The van der Waals surface area contributed by atoms with Crippen molar-refractivity contribution in [2.24, 2.45) is 5.16 Å². The molecule has 0 aliphatic carbocycles. The Morgan fingerprint density at radius 2 is 0.946 bits per heavy atom.